The lowest BCUT2D eigenvalue weighted by molar-refractivity contribution is -0.140. The van der Waals surface area contributed by atoms with Gasteiger partial charge in [-0.25, -0.2) is 0 Å². The van der Waals surface area contributed by atoms with Gasteiger partial charge in [-0.15, -0.1) is 0 Å². The maximum atomic E-state index is 12.3. The first kappa shape index (κ1) is 13.0. The fraction of sp³-hybridized carbons (Fsp3) is 0.500. The second kappa shape index (κ2) is 5.34. The van der Waals surface area contributed by atoms with Gasteiger partial charge in [0.2, 0.25) is 0 Å². The molecule has 0 saturated carbocycles. The summed E-state index contributed by atoms with van der Waals surface area (Å²) >= 11 is 0. The van der Waals surface area contributed by atoms with Gasteiger partial charge in [-0.1, -0.05) is 31.2 Å². The number of hydrogen-bond donors (Lipinski definition) is 1. The van der Waals surface area contributed by atoms with Crippen LogP contribution in [-0.4, -0.2) is 13.2 Å². The number of halogens is 3. The van der Waals surface area contributed by atoms with E-state index in [4.69, 9.17) is 0 Å². The van der Waals surface area contributed by atoms with Gasteiger partial charge >= 0.3 is 6.18 Å². The Hall–Kier alpha value is -1.03. The molecule has 0 aromatic heterocycles. The first-order chi connectivity index (χ1) is 7.46. The molecular weight excluding hydrogens is 215 g/mol. The van der Waals surface area contributed by atoms with Crippen LogP contribution in [0.5, 0.6) is 0 Å². The van der Waals surface area contributed by atoms with Gasteiger partial charge in [0.25, 0.3) is 0 Å². The molecule has 0 aliphatic carbocycles. The van der Waals surface area contributed by atoms with Crippen LogP contribution in [0.15, 0.2) is 24.3 Å². The van der Waals surface area contributed by atoms with Gasteiger partial charge in [-0.2, -0.15) is 13.2 Å². The molecule has 1 atom stereocenters. The van der Waals surface area contributed by atoms with Gasteiger partial charge in [0.1, 0.15) is 0 Å². The second-order valence-electron chi connectivity index (χ2n) is 3.76. The monoisotopic (exact) mass is 231 g/mol. The fourth-order valence-electron chi connectivity index (χ4n) is 1.60. The van der Waals surface area contributed by atoms with Crippen molar-refractivity contribution >= 4 is 0 Å². The summed E-state index contributed by atoms with van der Waals surface area (Å²) in [6.07, 6.45) is -4.09. The van der Waals surface area contributed by atoms with Crippen molar-refractivity contribution in [2.75, 3.05) is 7.05 Å². The van der Waals surface area contributed by atoms with Gasteiger partial charge in [0.15, 0.2) is 0 Å². The smallest absolute Gasteiger partial charge is 0.313 e. The molecule has 0 bridgehead atoms. The van der Waals surface area contributed by atoms with Crippen molar-refractivity contribution in [1.82, 2.24) is 5.32 Å². The van der Waals surface area contributed by atoms with Gasteiger partial charge in [-0.3, -0.25) is 0 Å². The van der Waals surface area contributed by atoms with Crippen LogP contribution >= 0.6 is 0 Å². The van der Waals surface area contributed by atoms with Crippen molar-refractivity contribution in [1.29, 1.82) is 0 Å². The van der Waals surface area contributed by atoms with Crippen molar-refractivity contribution in [3.8, 4) is 0 Å². The second-order valence-corrected chi connectivity index (χ2v) is 3.76. The molecule has 4 heteroatoms. The van der Waals surface area contributed by atoms with E-state index in [9.17, 15) is 13.2 Å². The molecule has 0 aliphatic rings. The lowest BCUT2D eigenvalue weighted by Gasteiger charge is -2.18. The summed E-state index contributed by atoms with van der Waals surface area (Å²) < 4.78 is 36.9. The van der Waals surface area contributed by atoms with Crippen LogP contribution < -0.4 is 5.32 Å². The molecule has 0 heterocycles. The number of benzene rings is 1. The molecule has 1 nitrogen and oxygen atoms in total. The molecular formula is C12H16F3N. The van der Waals surface area contributed by atoms with E-state index in [0.717, 1.165) is 12.0 Å². The molecule has 0 spiro atoms. The average molecular weight is 231 g/mol. The number of alkyl halides is 3. The highest BCUT2D eigenvalue weighted by Gasteiger charge is 2.31. The highest BCUT2D eigenvalue weighted by molar-refractivity contribution is 5.25. The Labute approximate surface area is 93.7 Å². The summed E-state index contributed by atoms with van der Waals surface area (Å²) in [5.41, 5.74) is 1.81. The Morgan fingerprint density at radius 2 is 1.75 bits per heavy atom. The minimum absolute atomic E-state index is 0.661. The number of aryl methyl sites for hydroxylation is 1. The minimum Gasteiger partial charge on any atom is -0.313 e. The van der Waals surface area contributed by atoms with Crippen LogP contribution in [0, 0.1) is 0 Å². The lowest BCUT2D eigenvalue weighted by atomic mass is 10.0. The molecule has 16 heavy (non-hydrogen) atoms. The Morgan fingerprint density at radius 3 is 2.12 bits per heavy atom. The summed E-state index contributed by atoms with van der Waals surface area (Å²) in [5, 5.41) is 2.69. The zero-order valence-corrected chi connectivity index (χ0v) is 9.43. The van der Waals surface area contributed by atoms with Gasteiger partial charge in [0.05, 0.1) is 6.42 Å². The molecule has 0 amide bonds. The standard InChI is InChI=1S/C12H16F3N/c1-3-9-4-6-10(7-5-9)11(16-2)8-12(13,14)15/h4-7,11,16H,3,8H2,1-2H3. The Morgan fingerprint density at radius 1 is 1.19 bits per heavy atom. The summed E-state index contributed by atoms with van der Waals surface area (Å²) in [7, 11) is 1.55. The van der Waals surface area contributed by atoms with Crippen LogP contribution in [0.3, 0.4) is 0 Å². The van der Waals surface area contributed by atoms with Crippen molar-refractivity contribution in [3.05, 3.63) is 35.4 Å². The van der Waals surface area contributed by atoms with Crippen LogP contribution in [0.25, 0.3) is 0 Å². The molecule has 0 aliphatic heterocycles. The number of rotatable bonds is 4. The van der Waals surface area contributed by atoms with E-state index in [-0.39, 0.29) is 0 Å². The van der Waals surface area contributed by atoms with Crippen molar-refractivity contribution in [2.24, 2.45) is 0 Å². The largest absolute Gasteiger partial charge is 0.390 e. The van der Waals surface area contributed by atoms with Gasteiger partial charge in [0, 0.05) is 6.04 Å². The van der Waals surface area contributed by atoms with Crippen LogP contribution in [0.2, 0.25) is 0 Å². The van der Waals surface area contributed by atoms with Crippen LogP contribution in [0.4, 0.5) is 13.2 Å². The topological polar surface area (TPSA) is 12.0 Å². The molecule has 90 valence electrons. The molecule has 0 radical (unpaired) electrons. The highest BCUT2D eigenvalue weighted by atomic mass is 19.4. The Balaban J connectivity index is 2.79. The summed E-state index contributed by atoms with van der Waals surface area (Å²) in [6, 6.07) is 6.59. The van der Waals surface area contributed by atoms with E-state index in [0.29, 0.717) is 5.56 Å². The lowest BCUT2D eigenvalue weighted by Crippen LogP contribution is -2.23. The first-order valence-corrected chi connectivity index (χ1v) is 5.29. The number of nitrogens with one attached hydrogen (secondary N) is 1. The number of hydrogen-bond acceptors (Lipinski definition) is 1. The molecule has 1 rings (SSSR count). The normalized spacial score (nSPS) is 13.8. The zero-order chi connectivity index (χ0) is 12.2. The summed E-state index contributed by atoms with van der Waals surface area (Å²) in [4.78, 5) is 0. The minimum atomic E-state index is -4.14. The predicted octanol–water partition coefficient (Wildman–Crippen LogP) is 3.46. The van der Waals surface area contributed by atoms with E-state index in [1.54, 1.807) is 19.2 Å². The van der Waals surface area contributed by atoms with E-state index in [2.05, 4.69) is 5.32 Å². The fourth-order valence-corrected chi connectivity index (χ4v) is 1.60. The highest BCUT2D eigenvalue weighted by Crippen LogP contribution is 2.29. The third-order valence-corrected chi connectivity index (χ3v) is 2.57. The molecule has 1 N–H and O–H groups in total. The Bertz CT molecular complexity index is 316. The molecule has 0 saturated heterocycles. The van der Waals surface area contributed by atoms with Crippen molar-refractivity contribution in [2.45, 2.75) is 32.0 Å². The van der Waals surface area contributed by atoms with Crippen molar-refractivity contribution < 1.29 is 13.2 Å². The predicted molar refractivity (Wildman–Crippen MR) is 58.3 cm³/mol. The third kappa shape index (κ3) is 3.85. The molecule has 1 aromatic rings. The van der Waals surface area contributed by atoms with Crippen LogP contribution in [-0.2, 0) is 6.42 Å². The summed E-state index contributed by atoms with van der Waals surface area (Å²) in [5.74, 6) is 0. The Kier molecular flexibility index (Phi) is 4.35. The van der Waals surface area contributed by atoms with E-state index < -0.39 is 18.6 Å². The zero-order valence-electron chi connectivity index (χ0n) is 9.43. The maximum absolute atomic E-state index is 12.3. The molecule has 1 aromatic carbocycles. The van der Waals surface area contributed by atoms with Crippen LogP contribution in [0.1, 0.15) is 30.5 Å². The van der Waals surface area contributed by atoms with E-state index in [1.165, 1.54) is 0 Å². The van der Waals surface area contributed by atoms with E-state index in [1.807, 2.05) is 19.1 Å². The van der Waals surface area contributed by atoms with E-state index >= 15 is 0 Å². The van der Waals surface area contributed by atoms with Gasteiger partial charge in [-0.05, 0) is 24.6 Å². The summed E-state index contributed by atoms with van der Waals surface area (Å²) in [6.45, 7) is 2.01. The SMILES string of the molecule is CCc1ccc(C(CC(F)(F)F)NC)cc1. The van der Waals surface area contributed by atoms with Gasteiger partial charge < -0.3 is 5.32 Å². The molecule has 1 unspecified atom stereocenters. The first-order valence-electron chi connectivity index (χ1n) is 5.29. The quantitative estimate of drug-likeness (QED) is 0.836. The maximum Gasteiger partial charge on any atom is 0.390 e. The van der Waals surface area contributed by atoms with Crippen molar-refractivity contribution in [3.63, 3.8) is 0 Å². The third-order valence-electron chi connectivity index (χ3n) is 2.57. The average Bonchev–Trinajstić information content (AvgIpc) is 2.25. The molecule has 0 fully saturated rings.